The average molecular weight is 482 g/mol. The van der Waals surface area contributed by atoms with Crippen molar-refractivity contribution in [2.24, 2.45) is 5.92 Å². The molecule has 0 N–H and O–H groups in total. The van der Waals surface area contributed by atoms with Gasteiger partial charge in [-0.3, -0.25) is 9.19 Å². The molecule has 170 valence electrons. The van der Waals surface area contributed by atoms with E-state index in [9.17, 15) is 4.21 Å². The molecule has 0 spiro atoms. The second kappa shape index (κ2) is 10.3. The van der Waals surface area contributed by atoms with Crippen molar-refractivity contribution in [2.45, 2.75) is 30.5 Å². The van der Waals surface area contributed by atoms with Gasteiger partial charge in [0.15, 0.2) is 17.3 Å². The molecule has 2 aliphatic rings. The fourth-order valence-electron chi connectivity index (χ4n) is 3.44. The van der Waals surface area contributed by atoms with E-state index in [-0.39, 0.29) is 46.4 Å². The molecule has 4 heterocycles. The predicted octanol–water partition coefficient (Wildman–Crippen LogP) is -0.552. The minimum Gasteiger partial charge on any atom is -0.493 e. The van der Waals surface area contributed by atoms with Crippen LogP contribution in [-0.4, -0.2) is 53.0 Å². The molecule has 2 aliphatic heterocycles. The summed E-state index contributed by atoms with van der Waals surface area (Å²) >= 11 is 0. The summed E-state index contributed by atoms with van der Waals surface area (Å²) in [6.07, 6.45) is 1.64. The van der Waals surface area contributed by atoms with Crippen molar-refractivity contribution in [3.05, 3.63) is 36.2 Å². The zero-order valence-corrected chi connectivity index (χ0v) is 21.7. The van der Waals surface area contributed by atoms with E-state index in [2.05, 4.69) is 15.0 Å². The van der Waals surface area contributed by atoms with E-state index in [0.29, 0.717) is 67.0 Å². The van der Waals surface area contributed by atoms with Crippen molar-refractivity contribution in [3.8, 4) is 17.2 Å². The summed E-state index contributed by atoms with van der Waals surface area (Å²) in [5.74, 6) is 1.71. The number of imidazole rings is 1. The zero-order valence-electron chi connectivity index (χ0n) is 18.9. The number of rotatable bonds is 6. The maximum Gasteiger partial charge on any atom is 1.00 e. The summed E-state index contributed by atoms with van der Waals surface area (Å²) in [6.45, 7) is 6.41. The fourth-order valence-corrected chi connectivity index (χ4v) is 4.40. The van der Waals surface area contributed by atoms with E-state index >= 15 is 0 Å². The Kier molecular flexibility index (Phi) is 7.62. The summed E-state index contributed by atoms with van der Waals surface area (Å²) in [6, 6.07) is 7.10. The van der Waals surface area contributed by atoms with Crippen molar-refractivity contribution in [3.63, 3.8) is 0 Å². The van der Waals surface area contributed by atoms with Crippen LogP contribution in [0.5, 0.6) is 17.2 Å². The second-order valence-electron chi connectivity index (χ2n) is 8.16. The molecule has 1 unspecified atom stereocenters. The van der Waals surface area contributed by atoms with Crippen molar-refractivity contribution >= 4 is 21.8 Å². The van der Waals surface area contributed by atoms with Gasteiger partial charge in [0, 0.05) is 23.3 Å². The summed E-state index contributed by atoms with van der Waals surface area (Å²) in [4.78, 5) is 13.1. The van der Waals surface area contributed by atoms with Crippen molar-refractivity contribution < 1.29 is 57.5 Å². The third-order valence-electron chi connectivity index (χ3n) is 5.16. The number of pyridine rings is 1. The third kappa shape index (κ3) is 5.87. The van der Waals surface area contributed by atoms with E-state index < -0.39 is 16.6 Å². The standard InChI is InChI=1S/C22H24N3O6S.Na/c1-22(2)30-11-14(12-31-22)10-29-16-3-4-23-15(7-16)13-32(26)21-24-17-8-19-20(9-18(17)25-21)28-6-5-27-19;/h3-4,7-9,14H,5-6,10-13H2,1-2H3;/q-1;+1. The van der Waals surface area contributed by atoms with Crippen molar-refractivity contribution in [1.29, 1.82) is 0 Å². The first-order chi connectivity index (χ1) is 15.4. The number of hydrogen-bond donors (Lipinski definition) is 0. The van der Waals surface area contributed by atoms with Gasteiger partial charge in [0.05, 0.1) is 42.1 Å². The van der Waals surface area contributed by atoms with Gasteiger partial charge in [0.2, 0.25) is 0 Å². The Morgan fingerprint density at radius 1 is 1.15 bits per heavy atom. The second-order valence-corrected chi connectivity index (χ2v) is 9.51. The van der Waals surface area contributed by atoms with Crippen LogP contribution in [0.3, 0.4) is 0 Å². The minimum absolute atomic E-state index is 0. The topological polar surface area (TPSA) is 103 Å². The van der Waals surface area contributed by atoms with E-state index in [4.69, 9.17) is 23.7 Å². The Morgan fingerprint density at radius 2 is 1.88 bits per heavy atom. The van der Waals surface area contributed by atoms with Crippen LogP contribution in [0.2, 0.25) is 0 Å². The van der Waals surface area contributed by atoms with E-state index in [1.807, 2.05) is 13.8 Å². The molecule has 5 rings (SSSR count). The number of benzene rings is 1. The summed E-state index contributed by atoms with van der Waals surface area (Å²) in [7, 11) is -1.46. The number of ether oxygens (including phenoxy) is 5. The smallest absolute Gasteiger partial charge is 0.493 e. The third-order valence-corrected chi connectivity index (χ3v) is 6.31. The Balaban J connectivity index is 0.00000259. The van der Waals surface area contributed by atoms with Crippen LogP contribution in [0.1, 0.15) is 19.5 Å². The quantitative estimate of drug-likeness (QED) is 0.429. The molecular weight excluding hydrogens is 457 g/mol. The van der Waals surface area contributed by atoms with Crippen LogP contribution in [0.4, 0.5) is 0 Å². The van der Waals surface area contributed by atoms with Gasteiger partial charge >= 0.3 is 29.6 Å². The van der Waals surface area contributed by atoms with Gasteiger partial charge in [-0.05, 0) is 43.1 Å². The van der Waals surface area contributed by atoms with Crippen LogP contribution in [0, 0.1) is 5.92 Å². The number of nitrogens with zero attached hydrogens (tertiary/aromatic N) is 3. The number of hydrogen-bond acceptors (Lipinski definition) is 8. The Hall–Kier alpha value is -1.69. The molecule has 2 aromatic heterocycles. The first kappa shape index (κ1) is 24.4. The Bertz CT molecular complexity index is 1100. The molecule has 0 radical (unpaired) electrons. The molecule has 33 heavy (non-hydrogen) atoms. The van der Waals surface area contributed by atoms with E-state index in [0.717, 1.165) is 0 Å². The predicted molar refractivity (Wildman–Crippen MR) is 115 cm³/mol. The maximum atomic E-state index is 12.9. The first-order valence-electron chi connectivity index (χ1n) is 10.4. The molecule has 0 aliphatic carbocycles. The average Bonchev–Trinajstić information content (AvgIpc) is 3.20. The van der Waals surface area contributed by atoms with Gasteiger partial charge in [-0.2, -0.15) is 0 Å². The Labute approximate surface area is 216 Å². The molecule has 11 heteroatoms. The van der Waals surface area contributed by atoms with Gasteiger partial charge in [-0.25, -0.2) is 0 Å². The molecule has 9 nitrogen and oxygen atoms in total. The van der Waals surface area contributed by atoms with Gasteiger partial charge in [-0.1, -0.05) is 0 Å². The molecule has 1 atom stereocenters. The van der Waals surface area contributed by atoms with Crippen LogP contribution < -0.4 is 48.8 Å². The SMILES string of the molecule is CC1(C)OCC(COc2ccnc(CS(=O)c3nc4cc5c(cc4[n-]3)OCCO5)c2)CO1.[Na+]. The monoisotopic (exact) mass is 481 g/mol. The zero-order chi connectivity index (χ0) is 22.1. The molecule has 0 amide bonds. The molecule has 1 saturated heterocycles. The normalized spacial score (nSPS) is 18.5. The Morgan fingerprint density at radius 3 is 2.64 bits per heavy atom. The molecular formula is C22H24N3NaO6S. The summed E-state index contributed by atoms with van der Waals surface area (Å²) < 4.78 is 41.3. The van der Waals surface area contributed by atoms with Gasteiger partial charge in [0.1, 0.15) is 19.0 Å². The molecule has 1 fully saturated rings. The molecule has 0 saturated carbocycles. The fraction of sp³-hybridized carbons (Fsp3) is 0.455. The summed E-state index contributed by atoms with van der Waals surface area (Å²) in [5.41, 5.74) is 1.89. The number of fused-ring (bicyclic) bond motifs is 2. The van der Waals surface area contributed by atoms with Crippen LogP contribution >= 0.6 is 0 Å². The van der Waals surface area contributed by atoms with Gasteiger partial charge in [0.25, 0.3) is 0 Å². The van der Waals surface area contributed by atoms with Crippen LogP contribution in [0.25, 0.3) is 11.0 Å². The van der Waals surface area contributed by atoms with Crippen molar-refractivity contribution in [1.82, 2.24) is 15.0 Å². The number of aromatic nitrogens is 3. The van der Waals surface area contributed by atoms with Crippen LogP contribution in [-0.2, 0) is 26.0 Å². The molecule has 1 aromatic carbocycles. The van der Waals surface area contributed by atoms with E-state index in [1.165, 1.54) is 0 Å². The van der Waals surface area contributed by atoms with Crippen LogP contribution in [0.15, 0.2) is 35.6 Å². The van der Waals surface area contributed by atoms with Gasteiger partial charge in [-0.15, -0.1) is 0 Å². The maximum absolute atomic E-state index is 12.9. The minimum atomic E-state index is -1.46. The summed E-state index contributed by atoms with van der Waals surface area (Å²) in [5, 5.41) is 0.259. The molecule has 0 bridgehead atoms. The largest absolute Gasteiger partial charge is 1.00 e. The first-order valence-corrected chi connectivity index (χ1v) is 11.8. The molecule has 3 aromatic rings. The van der Waals surface area contributed by atoms with Crippen molar-refractivity contribution in [2.75, 3.05) is 33.0 Å². The van der Waals surface area contributed by atoms with Gasteiger partial charge < -0.3 is 33.7 Å². The van der Waals surface area contributed by atoms with E-state index in [1.54, 1.807) is 30.5 Å².